The van der Waals surface area contributed by atoms with Crippen LogP contribution in [-0.2, 0) is 11.2 Å². The van der Waals surface area contributed by atoms with Crippen LogP contribution in [0.25, 0.3) is 11.3 Å². The molecular formula is C21H28N4O. The van der Waals surface area contributed by atoms with E-state index in [1.807, 2.05) is 18.6 Å². The molecule has 1 aromatic heterocycles. The van der Waals surface area contributed by atoms with E-state index in [4.69, 9.17) is 4.74 Å². The summed E-state index contributed by atoms with van der Waals surface area (Å²) < 4.78 is 7.78. The minimum absolute atomic E-state index is 0.385. The summed E-state index contributed by atoms with van der Waals surface area (Å²) in [6.45, 7) is 12.9. The van der Waals surface area contributed by atoms with E-state index in [0.717, 1.165) is 52.4 Å². The van der Waals surface area contributed by atoms with Crippen molar-refractivity contribution in [3.8, 4) is 11.3 Å². The zero-order valence-electron chi connectivity index (χ0n) is 15.6. The number of morpholine rings is 1. The Morgan fingerprint density at radius 3 is 2.92 bits per heavy atom. The molecule has 0 bridgehead atoms. The third kappa shape index (κ3) is 3.41. The largest absolute Gasteiger partial charge is 0.379 e. The van der Waals surface area contributed by atoms with Crippen molar-refractivity contribution < 1.29 is 4.74 Å². The third-order valence-electron chi connectivity index (χ3n) is 5.48. The van der Waals surface area contributed by atoms with Crippen molar-refractivity contribution in [2.75, 3.05) is 50.8 Å². The highest BCUT2D eigenvalue weighted by molar-refractivity contribution is 5.68. The summed E-state index contributed by atoms with van der Waals surface area (Å²) >= 11 is 0. The summed E-state index contributed by atoms with van der Waals surface area (Å²) in [6, 6.07) is 7.21. The predicted octanol–water partition coefficient (Wildman–Crippen LogP) is 2.99. The minimum atomic E-state index is 0.385. The number of anilines is 1. The zero-order valence-corrected chi connectivity index (χ0v) is 15.6. The highest BCUT2D eigenvalue weighted by Gasteiger charge is 2.21. The van der Waals surface area contributed by atoms with Crippen molar-refractivity contribution >= 4 is 5.69 Å². The van der Waals surface area contributed by atoms with Gasteiger partial charge in [0.1, 0.15) is 0 Å². The van der Waals surface area contributed by atoms with Gasteiger partial charge >= 0.3 is 0 Å². The molecule has 1 atom stereocenters. The minimum Gasteiger partial charge on any atom is -0.379 e. The van der Waals surface area contributed by atoms with Crippen LogP contribution in [0.3, 0.4) is 0 Å². The Labute approximate surface area is 155 Å². The average Bonchev–Trinajstić information content (AvgIpc) is 3.30. The lowest BCUT2D eigenvalue weighted by molar-refractivity contribution is 0.0326. The molecule has 1 fully saturated rings. The average molecular weight is 352 g/mol. The van der Waals surface area contributed by atoms with Gasteiger partial charge in [0.25, 0.3) is 0 Å². The molecule has 4 rings (SSSR count). The summed E-state index contributed by atoms with van der Waals surface area (Å²) in [5.41, 5.74) is 5.24. The van der Waals surface area contributed by atoms with Gasteiger partial charge in [-0.1, -0.05) is 12.1 Å². The van der Waals surface area contributed by atoms with Gasteiger partial charge in [-0.3, -0.25) is 4.90 Å². The van der Waals surface area contributed by atoms with E-state index in [0.29, 0.717) is 6.04 Å². The van der Waals surface area contributed by atoms with Gasteiger partial charge in [-0.15, -0.1) is 6.58 Å². The van der Waals surface area contributed by atoms with Crippen LogP contribution >= 0.6 is 0 Å². The first-order chi connectivity index (χ1) is 12.8. The van der Waals surface area contributed by atoms with Crippen molar-refractivity contribution in [3.05, 3.63) is 48.9 Å². The predicted molar refractivity (Wildman–Crippen MR) is 106 cm³/mol. The highest BCUT2D eigenvalue weighted by atomic mass is 16.5. The van der Waals surface area contributed by atoms with Gasteiger partial charge in [0.2, 0.25) is 0 Å². The fraction of sp³-hybridized carbons (Fsp3) is 0.476. The van der Waals surface area contributed by atoms with E-state index in [-0.39, 0.29) is 0 Å². The fourth-order valence-electron chi connectivity index (χ4n) is 4.10. The Hall–Kier alpha value is -2.11. The number of hydrogen-bond donors (Lipinski definition) is 0. The Morgan fingerprint density at radius 2 is 2.12 bits per heavy atom. The quantitative estimate of drug-likeness (QED) is 0.749. The Kier molecular flexibility index (Phi) is 5.09. The van der Waals surface area contributed by atoms with Gasteiger partial charge in [0, 0.05) is 50.0 Å². The van der Waals surface area contributed by atoms with Crippen LogP contribution < -0.4 is 4.90 Å². The number of benzene rings is 1. The molecule has 138 valence electrons. The number of fused-ring (bicyclic) bond motifs is 1. The third-order valence-corrected chi connectivity index (χ3v) is 5.48. The van der Waals surface area contributed by atoms with E-state index in [1.54, 1.807) is 0 Å². The number of aromatic nitrogens is 2. The van der Waals surface area contributed by atoms with Gasteiger partial charge in [-0.05, 0) is 31.0 Å². The number of nitrogens with zero attached hydrogens (tertiary/aromatic N) is 4. The maximum atomic E-state index is 5.46. The van der Waals surface area contributed by atoms with Crippen molar-refractivity contribution in [2.45, 2.75) is 19.4 Å². The second kappa shape index (κ2) is 7.64. The summed E-state index contributed by atoms with van der Waals surface area (Å²) in [6.07, 6.45) is 7.05. The first-order valence-corrected chi connectivity index (χ1v) is 9.57. The first kappa shape index (κ1) is 17.3. The molecule has 5 nitrogen and oxygen atoms in total. The van der Waals surface area contributed by atoms with Gasteiger partial charge in [0.15, 0.2) is 0 Å². The van der Waals surface area contributed by atoms with E-state index in [2.05, 4.69) is 51.1 Å². The van der Waals surface area contributed by atoms with Gasteiger partial charge in [-0.25, -0.2) is 4.98 Å². The molecule has 5 heteroatoms. The maximum absolute atomic E-state index is 5.46. The van der Waals surface area contributed by atoms with Gasteiger partial charge < -0.3 is 14.2 Å². The summed E-state index contributed by atoms with van der Waals surface area (Å²) in [5.74, 6) is 0. The van der Waals surface area contributed by atoms with Crippen LogP contribution in [0.15, 0.2) is 43.4 Å². The van der Waals surface area contributed by atoms with E-state index < -0.39 is 0 Å². The van der Waals surface area contributed by atoms with Crippen molar-refractivity contribution in [2.24, 2.45) is 0 Å². The monoisotopic (exact) mass is 352 g/mol. The van der Waals surface area contributed by atoms with E-state index in [9.17, 15) is 0 Å². The van der Waals surface area contributed by atoms with E-state index in [1.165, 1.54) is 22.5 Å². The molecule has 26 heavy (non-hydrogen) atoms. The maximum Gasteiger partial charge on any atom is 0.0953 e. The molecule has 0 N–H and O–H groups in total. The number of rotatable bonds is 6. The van der Waals surface area contributed by atoms with Crippen LogP contribution in [0.5, 0.6) is 0 Å². The van der Waals surface area contributed by atoms with Gasteiger partial charge in [-0.2, -0.15) is 0 Å². The molecule has 0 amide bonds. The second-order valence-electron chi connectivity index (χ2n) is 7.28. The normalized spacial score (nSPS) is 18.7. The van der Waals surface area contributed by atoms with E-state index >= 15 is 0 Å². The summed E-state index contributed by atoms with van der Waals surface area (Å²) in [5, 5.41) is 0. The van der Waals surface area contributed by atoms with Crippen LogP contribution in [-0.4, -0.2) is 60.4 Å². The highest BCUT2D eigenvalue weighted by Crippen LogP contribution is 2.33. The van der Waals surface area contributed by atoms with Crippen LogP contribution in [0.1, 0.15) is 18.5 Å². The molecule has 2 aliphatic heterocycles. The SMILES string of the molecule is C=CCN1CCc2cc(-c3cncn3[C@@H](C)CN3CCOCC3)ccc21. The number of ether oxygens (including phenoxy) is 1. The number of imidazole rings is 1. The molecule has 2 aromatic rings. The molecule has 1 aromatic carbocycles. The lowest BCUT2D eigenvalue weighted by Gasteiger charge is -2.30. The van der Waals surface area contributed by atoms with Crippen molar-refractivity contribution in [3.63, 3.8) is 0 Å². The first-order valence-electron chi connectivity index (χ1n) is 9.57. The lowest BCUT2D eigenvalue weighted by Crippen LogP contribution is -2.39. The standard InChI is InChI=1S/C21H28N4O/c1-3-7-24-8-6-19-13-18(4-5-20(19)24)21-14-22-16-25(21)17(2)15-23-9-11-26-12-10-23/h3-5,13-14,16-17H,1,6-12,15H2,2H3/t17-/m0/s1. The van der Waals surface area contributed by atoms with Crippen LogP contribution in [0, 0.1) is 0 Å². The molecule has 0 aliphatic carbocycles. The molecule has 1 saturated heterocycles. The molecule has 0 spiro atoms. The smallest absolute Gasteiger partial charge is 0.0953 e. The summed E-state index contributed by atoms with van der Waals surface area (Å²) in [7, 11) is 0. The summed E-state index contributed by atoms with van der Waals surface area (Å²) in [4.78, 5) is 9.32. The van der Waals surface area contributed by atoms with Crippen LogP contribution in [0.4, 0.5) is 5.69 Å². The Bertz CT molecular complexity index is 763. The Balaban J connectivity index is 1.54. The van der Waals surface area contributed by atoms with Crippen molar-refractivity contribution in [1.29, 1.82) is 0 Å². The molecule has 2 aliphatic rings. The Morgan fingerprint density at radius 1 is 1.27 bits per heavy atom. The second-order valence-corrected chi connectivity index (χ2v) is 7.28. The molecular weight excluding hydrogens is 324 g/mol. The van der Waals surface area contributed by atoms with Crippen LogP contribution in [0.2, 0.25) is 0 Å². The molecule has 0 unspecified atom stereocenters. The number of hydrogen-bond acceptors (Lipinski definition) is 4. The molecule has 3 heterocycles. The topological polar surface area (TPSA) is 33.5 Å². The molecule has 0 radical (unpaired) electrons. The fourth-order valence-corrected chi connectivity index (χ4v) is 4.10. The zero-order chi connectivity index (χ0) is 17.9. The van der Waals surface area contributed by atoms with Gasteiger partial charge in [0.05, 0.1) is 31.4 Å². The molecule has 0 saturated carbocycles. The van der Waals surface area contributed by atoms with Crippen molar-refractivity contribution in [1.82, 2.24) is 14.5 Å². The lowest BCUT2D eigenvalue weighted by atomic mass is 10.1.